The first-order chi connectivity index (χ1) is 15.6. The molecule has 2 N–H and O–H groups in total. The van der Waals surface area contributed by atoms with Crippen LogP contribution in [0.25, 0.3) is 22.6 Å². The molecular formula is C24H27N5O2S. The fourth-order valence-electron chi connectivity index (χ4n) is 6.97. The van der Waals surface area contributed by atoms with Gasteiger partial charge in [-0.1, -0.05) is 12.1 Å². The Hall–Kier alpha value is -2.74. The van der Waals surface area contributed by atoms with Crippen LogP contribution in [0.1, 0.15) is 44.9 Å². The number of imidazole rings is 1. The molecule has 32 heavy (non-hydrogen) atoms. The van der Waals surface area contributed by atoms with Crippen LogP contribution in [0.4, 0.5) is 0 Å². The van der Waals surface area contributed by atoms with Crippen LogP contribution in [0.2, 0.25) is 0 Å². The van der Waals surface area contributed by atoms with Gasteiger partial charge in [-0.3, -0.25) is 20.4 Å². The highest BCUT2D eigenvalue weighted by Gasteiger charge is 2.51. The summed E-state index contributed by atoms with van der Waals surface area (Å²) in [4.78, 5) is 34.5. The summed E-state index contributed by atoms with van der Waals surface area (Å²) in [5.41, 5.74) is 9.65. The Morgan fingerprint density at radius 2 is 1.72 bits per heavy atom. The third kappa shape index (κ3) is 3.60. The minimum absolute atomic E-state index is 0.0605. The van der Waals surface area contributed by atoms with Gasteiger partial charge in [0.1, 0.15) is 12.2 Å². The van der Waals surface area contributed by atoms with E-state index in [0.717, 1.165) is 34.5 Å². The van der Waals surface area contributed by atoms with Crippen molar-refractivity contribution in [1.29, 1.82) is 0 Å². The normalized spacial score (nSPS) is 28.2. The number of hydrogen-bond acceptors (Lipinski definition) is 5. The topological polar surface area (TPSA) is 88.9 Å². The molecule has 4 aliphatic carbocycles. The molecule has 166 valence electrons. The minimum atomic E-state index is -0.275. The Balaban J connectivity index is 1.12. The van der Waals surface area contributed by atoms with Crippen molar-refractivity contribution in [2.45, 2.75) is 51.5 Å². The number of benzene rings is 1. The number of aromatic nitrogens is 3. The highest BCUT2D eigenvalue weighted by Crippen LogP contribution is 2.61. The molecule has 2 heterocycles. The molecule has 0 saturated heterocycles. The lowest BCUT2D eigenvalue weighted by Crippen LogP contribution is -2.50. The molecule has 2 amide bonds. The van der Waals surface area contributed by atoms with Crippen molar-refractivity contribution in [3.8, 4) is 11.5 Å². The smallest absolute Gasteiger partial charge is 0.258 e. The summed E-state index contributed by atoms with van der Waals surface area (Å²) in [5.74, 6) is 2.73. The molecular weight excluding hydrogens is 422 g/mol. The first-order valence-electron chi connectivity index (χ1n) is 11.5. The van der Waals surface area contributed by atoms with Gasteiger partial charge in [-0.2, -0.15) is 0 Å². The summed E-state index contributed by atoms with van der Waals surface area (Å²) in [6, 6.07) is 7.72. The van der Waals surface area contributed by atoms with Gasteiger partial charge in [0.2, 0.25) is 5.91 Å². The number of nitrogens with zero attached hydrogens (tertiary/aromatic N) is 3. The van der Waals surface area contributed by atoms with Crippen LogP contribution < -0.4 is 10.9 Å². The van der Waals surface area contributed by atoms with Gasteiger partial charge in [0.15, 0.2) is 5.82 Å². The first-order valence-corrected chi connectivity index (χ1v) is 12.4. The average molecular weight is 450 g/mol. The quantitative estimate of drug-likeness (QED) is 0.578. The van der Waals surface area contributed by atoms with Gasteiger partial charge in [-0.25, -0.2) is 9.97 Å². The third-order valence-electron chi connectivity index (χ3n) is 7.66. The first kappa shape index (κ1) is 19.9. The number of hydrazine groups is 1. The van der Waals surface area contributed by atoms with Crippen LogP contribution in [0, 0.1) is 23.2 Å². The number of thiazole rings is 1. The highest BCUT2D eigenvalue weighted by atomic mass is 32.1. The number of fused-ring (bicyclic) bond motifs is 1. The molecule has 7 rings (SSSR count). The van der Waals surface area contributed by atoms with E-state index < -0.39 is 0 Å². The number of nitrogens with one attached hydrogen (secondary N) is 2. The summed E-state index contributed by atoms with van der Waals surface area (Å²) in [7, 11) is 0. The van der Waals surface area contributed by atoms with Gasteiger partial charge in [0, 0.05) is 11.8 Å². The maximum Gasteiger partial charge on any atom is 0.258 e. The third-order valence-corrected chi connectivity index (χ3v) is 8.25. The Labute approximate surface area is 190 Å². The van der Waals surface area contributed by atoms with Gasteiger partial charge in [0.25, 0.3) is 5.91 Å². The number of carbonyl (C=O) groups excluding carboxylic acids is 2. The Kier molecular flexibility index (Phi) is 4.78. The standard InChI is InChI=1S/C24H27N5O2S/c30-21(11-24-8-15-5-16(9-24)7-17(6-15)10-24)27-28-22(31)12-29-20-4-2-1-3-18(20)26-23(29)19-13-32-14-25-19/h1-4,13-17H,5-12H2,(H,27,30)(H,28,31). The van der Waals surface area contributed by atoms with Gasteiger partial charge in [0.05, 0.1) is 16.5 Å². The van der Waals surface area contributed by atoms with E-state index in [2.05, 4.69) is 20.8 Å². The highest BCUT2D eigenvalue weighted by molar-refractivity contribution is 7.07. The SMILES string of the molecule is O=C(Cn1c(-c2cscn2)nc2ccccc21)NNC(=O)CC12CC3CC(CC(C3)C1)C2. The number of carbonyl (C=O) groups is 2. The van der Waals surface area contributed by atoms with Crippen molar-refractivity contribution in [3.05, 3.63) is 35.2 Å². The predicted octanol–water partition coefficient (Wildman–Crippen LogP) is 3.91. The molecule has 4 fully saturated rings. The fraction of sp³-hybridized carbons (Fsp3) is 0.500. The van der Waals surface area contributed by atoms with Gasteiger partial charge < -0.3 is 4.57 Å². The summed E-state index contributed by atoms with van der Waals surface area (Å²) in [6.07, 6.45) is 8.14. The molecule has 3 aromatic rings. The molecule has 0 atom stereocenters. The van der Waals surface area contributed by atoms with Crippen molar-refractivity contribution in [1.82, 2.24) is 25.4 Å². The second-order valence-corrected chi connectivity index (χ2v) is 10.8. The molecule has 8 heteroatoms. The number of para-hydroxylation sites is 2. The van der Waals surface area contributed by atoms with Crippen molar-refractivity contribution < 1.29 is 9.59 Å². The van der Waals surface area contributed by atoms with Crippen LogP contribution in [0.3, 0.4) is 0 Å². The van der Waals surface area contributed by atoms with E-state index in [9.17, 15) is 9.59 Å². The minimum Gasteiger partial charge on any atom is -0.313 e. The van der Waals surface area contributed by atoms with Crippen molar-refractivity contribution >= 4 is 34.2 Å². The zero-order valence-electron chi connectivity index (χ0n) is 17.9. The number of amides is 2. The largest absolute Gasteiger partial charge is 0.313 e. The van der Waals surface area contributed by atoms with E-state index in [1.54, 1.807) is 5.51 Å². The molecule has 4 bridgehead atoms. The second kappa shape index (κ2) is 7.69. The summed E-state index contributed by atoms with van der Waals surface area (Å²) in [6.45, 7) is 0.0605. The van der Waals surface area contributed by atoms with E-state index in [1.807, 2.05) is 34.2 Å². The van der Waals surface area contributed by atoms with Gasteiger partial charge in [-0.05, 0) is 73.8 Å². The van der Waals surface area contributed by atoms with Crippen molar-refractivity contribution in [2.24, 2.45) is 23.2 Å². The van der Waals surface area contributed by atoms with Gasteiger partial charge >= 0.3 is 0 Å². The molecule has 1 aromatic carbocycles. The van der Waals surface area contributed by atoms with E-state index in [0.29, 0.717) is 12.2 Å². The van der Waals surface area contributed by atoms with Crippen molar-refractivity contribution in [2.75, 3.05) is 0 Å². The average Bonchev–Trinajstić information content (AvgIpc) is 3.39. The van der Waals surface area contributed by atoms with E-state index in [4.69, 9.17) is 0 Å². The monoisotopic (exact) mass is 449 g/mol. The van der Waals surface area contributed by atoms with Crippen molar-refractivity contribution in [3.63, 3.8) is 0 Å². The van der Waals surface area contributed by atoms with Crippen LogP contribution in [-0.2, 0) is 16.1 Å². The molecule has 7 nitrogen and oxygen atoms in total. The molecule has 4 aliphatic rings. The fourth-order valence-corrected chi connectivity index (χ4v) is 7.50. The van der Waals surface area contributed by atoms with Crippen LogP contribution in [-0.4, -0.2) is 26.3 Å². The maximum atomic E-state index is 12.8. The molecule has 0 spiro atoms. The summed E-state index contributed by atoms with van der Waals surface area (Å²) < 4.78 is 1.85. The van der Waals surface area contributed by atoms with E-state index in [-0.39, 0.29) is 23.8 Å². The zero-order chi connectivity index (χ0) is 21.7. The number of rotatable bonds is 5. The number of hydrogen-bond donors (Lipinski definition) is 2. The second-order valence-electron chi connectivity index (χ2n) is 10.1. The van der Waals surface area contributed by atoms with Gasteiger partial charge in [-0.15, -0.1) is 11.3 Å². The lowest BCUT2D eigenvalue weighted by atomic mass is 9.49. The summed E-state index contributed by atoms with van der Waals surface area (Å²) in [5, 5.41) is 1.92. The molecule has 0 radical (unpaired) electrons. The Morgan fingerprint density at radius 1 is 1.03 bits per heavy atom. The Bertz CT molecular complexity index is 1130. The van der Waals surface area contributed by atoms with Crippen LogP contribution >= 0.6 is 11.3 Å². The lowest BCUT2D eigenvalue weighted by Gasteiger charge is -2.56. The lowest BCUT2D eigenvalue weighted by molar-refractivity contribution is -0.134. The maximum absolute atomic E-state index is 12.8. The Morgan fingerprint density at radius 3 is 2.41 bits per heavy atom. The summed E-state index contributed by atoms with van der Waals surface area (Å²) >= 11 is 1.49. The van der Waals surface area contributed by atoms with E-state index in [1.165, 1.54) is 49.9 Å². The molecule has 0 aliphatic heterocycles. The van der Waals surface area contributed by atoms with Crippen LogP contribution in [0.5, 0.6) is 0 Å². The molecule has 0 unspecified atom stereocenters. The zero-order valence-corrected chi connectivity index (χ0v) is 18.7. The molecule has 4 saturated carbocycles. The predicted molar refractivity (Wildman–Crippen MR) is 122 cm³/mol. The van der Waals surface area contributed by atoms with E-state index >= 15 is 0 Å². The van der Waals surface area contributed by atoms with Crippen LogP contribution in [0.15, 0.2) is 35.2 Å². The molecule has 2 aromatic heterocycles.